The van der Waals surface area contributed by atoms with Crippen LogP contribution in [0.3, 0.4) is 0 Å². The maximum Gasteiger partial charge on any atom is 0.471 e. The fraction of sp³-hybridized carbons (Fsp3) is 0.474. The summed E-state index contributed by atoms with van der Waals surface area (Å²) < 4.78 is 47.4. The van der Waals surface area contributed by atoms with Gasteiger partial charge < -0.3 is 39.3 Å². The van der Waals surface area contributed by atoms with Gasteiger partial charge in [-0.15, -0.1) is 0 Å². The number of carbonyl (C=O) groups is 5. The largest absolute Gasteiger partial charge is 0.480 e. The monoisotopic (exact) mass is 1120 g/mol. The Morgan fingerprint density at radius 3 is 2.31 bits per heavy atom. The van der Waals surface area contributed by atoms with Crippen LogP contribution >= 0.6 is 7.82 Å². The van der Waals surface area contributed by atoms with Crippen molar-refractivity contribution < 1.29 is 56.8 Å². The lowest BCUT2D eigenvalue weighted by molar-refractivity contribution is -0.161. The number of fused-ring (bicyclic) bond motifs is 4. The fourth-order valence-electron chi connectivity index (χ4n) is 13.1. The maximum absolute atomic E-state index is 14.3. The van der Waals surface area contributed by atoms with Crippen molar-refractivity contribution in [2.45, 2.75) is 130 Å². The molecular weight excluding hydrogens is 1050 g/mol. The van der Waals surface area contributed by atoms with Gasteiger partial charge in [0.2, 0.25) is 11.8 Å². The van der Waals surface area contributed by atoms with E-state index in [9.17, 15) is 43.4 Å². The number of likely N-dealkylation sites (tertiary alicyclic amines) is 1. The third kappa shape index (κ3) is 10.0. The standard InChI is InChI=1S/C57H68N11O11P/c1-32-23-37(16-18-63(32)38-9-11-41-42(26-38)53(71)68(52(41)70)44-12-14-48(69)67(55(44)73)34(3)79-80(75,76)77)62-19-20-64(33(2)31-62)39-10-13-47(59-30-39)61-43-24-36(29-60-51(43)78-8)40-15-17-58-50(49(40)57(6,7)74)66-22-21-65-45(54(66)72)25-35-27-56(4,5)28-46(35)65/h9-11,13,15,17,24-26,29-30,32-34,37,44,74H,12,14,16,18-23,27-28,31H2,1-8H3,(H,59,61)(H2,75,76,77)/t32-,33-,34?,37?,44?/m0/s1/i8D3. The summed E-state index contributed by atoms with van der Waals surface area (Å²) in [5, 5.41) is 15.0. The predicted octanol–water partition coefficient (Wildman–Crippen LogP) is 6.24. The van der Waals surface area contributed by atoms with Gasteiger partial charge in [0.15, 0.2) is 0 Å². The van der Waals surface area contributed by atoms with E-state index in [4.69, 9.17) is 18.8 Å². The number of phosphoric ester groups is 1. The van der Waals surface area contributed by atoms with E-state index in [1.54, 1.807) is 67.5 Å². The lowest BCUT2D eigenvalue weighted by Crippen LogP contribution is -2.58. The molecule has 0 radical (unpaired) electrons. The van der Waals surface area contributed by atoms with Crippen molar-refractivity contribution >= 4 is 66.1 Å². The number of aliphatic hydroxyl groups is 1. The Kier molecular flexibility index (Phi) is 13.1. The van der Waals surface area contributed by atoms with Crippen molar-refractivity contribution in [1.82, 2.24) is 34.2 Å². The minimum absolute atomic E-state index is 0.0586. The number of aromatic nitrogens is 4. The minimum atomic E-state index is -5.08. The molecule has 22 nitrogen and oxygen atoms in total. The smallest absolute Gasteiger partial charge is 0.471 e. The van der Waals surface area contributed by atoms with Crippen molar-refractivity contribution in [3.05, 3.63) is 101 Å². The molecule has 6 aliphatic rings. The SMILES string of the molecule is [2H]C([2H])([2H])Oc1ncc(-c2ccnc(N3CCn4c(cc5c4CC(C)(C)C5)C3=O)c2C(C)(C)O)cc1Nc1ccc(N2CCN(C3CCN(c4ccc5c(c4)C(=O)N(C4CCC(=O)N(C(C)OP(=O)(O)O)C4=O)C5=O)[C@@H](C)C3)C[C@@H]2C)cn1. The highest BCUT2D eigenvalue weighted by Crippen LogP contribution is 2.44. The molecule has 422 valence electrons. The average Bonchev–Trinajstić information content (AvgIpc) is 2.00. The Balaban J connectivity index is 0.744. The van der Waals surface area contributed by atoms with Gasteiger partial charge in [-0.05, 0) is 132 Å². The quantitative estimate of drug-likeness (QED) is 0.0751. The number of amides is 5. The van der Waals surface area contributed by atoms with E-state index < -0.39 is 56.4 Å². The summed E-state index contributed by atoms with van der Waals surface area (Å²) in [6.45, 7) is 17.1. The van der Waals surface area contributed by atoms with Crippen molar-refractivity contribution in [3.63, 3.8) is 0 Å². The van der Waals surface area contributed by atoms with E-state index in [1.165, 1.54) is 17.5 Å². The van der Waals surface area contributed by atoms with E-state index >= 15 is 0 Å². The van der Waals surface area contributed by atoms with Gasteiger partial charge in [-0.25, -0.2) is 19.5 Å². The van der Waals surface area contributed by atoms with Crippen LogP contribution in [0.15, 0.2) is 67.1 Å². The molecule has 5 aliphatic heterocycles. The topological polar surface area (TPSA) is 257 Å². The van der Waals surface area contributed by atoms with Gasteiger partial charge in [0.05, 0.1) is 39.8 Å². The molecule has 80 heavy (non-hydrogen) atoms. The zero-order valence-corrected chi connectivity index (χ0v) is 46.6. The molecule has 3 unspecified atom stereocenters. The zero-order chi connectivity index (χ0) is 59.4. The highest BCUT2D eigenvalue weighted by Gasteiger charge is 2.49. The highest BCUT2D eigenvalue weighted by atomic mass is 31.2. The second-order valence-corrected chi connectivity index (χ2v) is 24.5. The molecule has 1 aliphatic carbocycles. The Morgan fingerprint density at radius 2 is 1.60 bits per heavy atom. The molecule has 5 amide bonds. The minimum Gasteiger partial charge on any atom is -0.480 e. The number of piperidine rings is 2. The first-order valence-electron chi connectivity index (χ1n) is 28.6. The van der Waals surface area contributed by atoms with Crippen molar-refractivity contribution in [1.29, 1.82) is 0 Å². The van der Waals surface area contributed by atoms with Crippen LogP contribution in [0.25, 0.3) is 11.1 Å². The van der Waals surface area contributed by atoms with E-state index in [0.29, 0.717) is 58.6 Å². The number of piperazine rings is 1. The number of imide groups is 2. The highest BCUT2D eigenvalue weighted by molar-refractivity contribution is 7.46. The van der Waals surface area contributed by atoms with Gasteiger partial charge in [-0.2, -0.15) is 0 Å². The summed E-state index contributed by atoms with van der Waals surface area (Å²) in [5.41, 5.74) is 5.19. The number of phosphoric acid groups is 1. The number of hydrogen-bond donors (Lipinski definition) is 4. The van der Waals surface area contributed by atoms with Crippen molar-refractivity contribution in [2.24, 2.45) is 5.41 Å². The van der Waals surface area contributed by atoms with E-state index in [2.05, 4.69) is 61.8 Å². The number of anilines is 5. The number of nitrogens with one attached hydrogen (secondary N) is 1. The van der Waals surface area contributed by atoms with Gasteiger partial charge in [-0.3, -0.25) is 48.1 Å². The summed E-state index contributed by atoms with van der Waals surface area (Å²) >= 11 is 0. The van der Waals surface area contributed by atoms with Crippen LogP contribution in [0.1, 0.15) is 126 Å². The lowest BCUT2D eigenvalue weighted by atomic mass is 9.89. The van der Waals surface area contributed by atoms with Crippen LogP contribution in [-0.2, 0) is 43.7 Å². The molecule has 0 spiro atoms. The Bertz CT molecular complexity index is 3510. The molecule has 5 atom stereocenters. The molecule has 0 saturated carbocycles. The number of ether oxygens (including phenoxy) is 1. The number of nitrogens with zero attached hydrogens (tertiary/aromatic N) is 10. The number of benzene rings is 1. The number of rotatable bonds is 13. The van der Waals surface area contributed by atoms with Gasteiger partial charge >= 0.3 is 7.82 Å². The first kappa shape index (κ1) is 51.1. The molecule has 11 rings (SSSR count). The van der Waals surface area contributed by atoms with Crippen molar-refractivity contribution in [2.75, 3.05) is 59.8 Å². The number of methoxy groups -OCH3 is 1. The molecule has 5 aromatic rings. The van der Waals surface area contributed by atoms with E-state index in [-0.39, 0.29) is 65.0 Å². The van der Waals surface area contributed by atoms with Gasteiger partial charge in [0, 0.05) is 98.7 Å². The Hall–Kier alpha value is -7.07. The molecule has 3 saturated heterocycles. The normalized spacial score (nSPS) is 23.6. The van der Waals surface area contributed by atoms with Crippen LogP contribution in [-0.4, -0.2) is 149 Å². The van der Waals surface area contributed by atoms with Crippen LogP contribution in [0.2, 0.25) is 0 Å². The lowest BCUT2D eigenvalue weighted by Gasteiger charge is -2.48. The van der Waals surface area contributed by atoms with Gasteiger partial charge in [-0.1, -0.05) is 13.8 Å². The molecular formula is C57H68N11O11P. The summed E-state index contributed by atoms with van der Waals surface area (Å²) in [6, 6.07) is 13.3. The third-order valence-corrected chi connectivity index (χ3v) is 17.2. The molecule has 0 bridgehead atoms. The van der Waals surface area contributed by atoms with E-state index in [0.717, 1.165) is 68.5 Å². The first-order chi connectivity index (χ1) is 39.0. The number of carbonyl (C=O) groups excluding carboxylic acids is 5. The maximum atomic E-state index is 14.3. The van der Waals surface area contributed by atoms with E-state index in [1.807, 2.05) is 12.1 Å². The zero-order valence-electron chi connectivity index (χ0n) is 48.7. The summed E-state index contributed by atoms with van der Waals surface area (Å²) in [7, 11) is -7.91. The Labute approximate surface area is 468 Å². The number of pyridine rings is 3. The number of hydrogen-bond acceptors (Lipinski definition) is 16. The van der Waals surface area contributed by atoms with Gasteiger partial charge in [0.25, 0.3) is 23.6 Å². The molecule has 4 N–H and O–H groups in total. The van der Waals surface area contributed by atoms with Crippen LogP contribution in [0, 0.1) is 5.41 Å². The Morgan fingerprint density at radius 1 is 0.838 bits per heavy atom. The molecule has 9 heterocycles. The second-order valence-electron chi connectivity index (χ2n) is 23.3. The fourth-order valence-corrected chi connectivity index (χ4v) is 13.6. The molecule has 4 aromatic heterocycles. The average molecular weight is 1120 g/mol. The van der Waals surface area contributed by atoms with Crippen LogP contribution in [0.5, 0.6) is 5.88 Å². The summed E-state index contributed by atoms with van der Waals surface area (Å²) in [5.74, 6) is -2.75. The third-order valence-electron chi connectivity index (χ3n) is 16.7. The molecule has 3 fully saturated rings. The summed E-state index contributed by atoms with van der Waals surface area (Å²) in [4.78, 5) is 111. The second kappa shape index (κ2) is 20.5. The van der Waals surface area contributed by atoms with Crippen LogP contribution in [0.4, 0.5) is 28.7 Å². The summed E-state index contributed by atoms with van der Waals surface area (Å²) in [6.07, 6.45) is 6.26. The predicted molar refractivity (Wildman–Crippen MR) is 297 cm³/mol. The first-order valence-corrected chi connectivity index (χ1v) is 28.6. The van der Waals surface area contributed by atoms with Crippen molar-refractivity contribution in [3.8, 4) is 17.0 Å². The van der Waals surface area contributed by atoms with Crippen LogP contribution < -0.4 is 24.8 Å². The van der Waals surface area contributed by atoms with Gasteiger partial charge in [0.1, 0.15) is 35.3 Å². The molecule has 23 heteroatoms. The molecule has 1 aromatic carbocycles.